The Kier molecular flexibility index (Phi) is 6.25. The first-order valence-corrected chi connectivity index (χ1v) is 17.8. The summed E-state index contributed by atoms with van der Waals surface area (Å²) < 4.78 is 17.7. The highest BCUT2D eigenvalue weighted by Crippen LogP contribution is 2.49. The zero-order valence-electron chi connectivity index (χ0n) is 29.1. The molecule has 11 aromatic rings. The van der Waals surface area contributed by atoms with E-state index >= 15 is 0 Å². The zero-order valence-corrected chi connectivity index (χ0v) is 29.1. The van der Waals surface area contributed by atoms with Crippen molar-refractivity contribution in [3.05, 3.63) is 164 Å². The molecule has 7 heteroatoms. The van der Waals surface area contributed by atoms with Gasteiger partial charge >= 0.3 is 0 Å². The number of pyridine rings is 1. The minimum absolute atomic E-state index is 0.741. The molecule has 0 atom stereocenters. The minimum atomic E-state index is 0.741. The molecule has 0 bridgehead atoms. The van der Waals surface area contributed by atoms with Gasteiger partial charge in [0.25, 0.3) is 0 Å². The molecule has 0 unspecified atom stereocenters. The maximum absolute atomic E-state index is 6.66. The Morgan fingerprint density at radius 1 is 0.566 bits per heavy atom. The van der Waals surface area contributed by atoms with Gasteiger partial charge in [-0.3, -0.25) is 4.57 Å². The van der Waals surface area contributed by atoms with E-state index in [0.717, 1.165) is 56.1 Å². The van der Waals surface area contributed by atoms with Crippen molar-refractivity contribution in [2.75, 3.05) is 0 Å². The second-order valence-electron chi connectivity index (χ2n) is 13.6. The maximum atomic E-state index is 6.66. The van der Waals surface area contributed by atoms with Crippen molar-refractivity contribution < 1.29 is 9.30 Å². The van der Waals surface area contributed by atoms with Crippen LogP contribution in [0.4, 0.5) is 0 Å². The molecule has 5 aromatic heterocycles. The van der Waals surface area contributed by atoms with Gasteiger partial charge < -0.3 is 23.0 Å². The lowest BCUT2D eigenvalue weighted by molar-refractivity contribution is -0.599. The van der Waals surface area contributed by atoms with Crippen molar-refractivity contribution in [1.82, 2.24) is 23.3 Å². The predicted octanol–water partition coefficient (Wildman–Crippen LogP) is 10.1. The molecule has 0 spiro atoms. The quantitative estimate of drug-likeness (QED) is 0.134. The van der Waals surface area contributed by atoms with Crippen LogP contribution in [0.15, 0.2) is 158 Å². The minimum Gasteiger partial charge on any atom is -0.458 e. The van der Waals surface area contributed by atoms with Crippen LogP contribution in [0.1, 0.15) is 0 Å². The molecule has 53 heavy (non-hydrogen) atoms. The number of hydrogen-bond acceptors (Lipinski definition) is 2. The summed E-state index contributed by atoms with van der Waals surface area (Å²) in [5.41, 5.74) is 8.90. The number of benzene rings is 6. The van der Waals surface area contributed by atoms with Gasteiger partial charge in [-0.2, -0.15) is 0 Å². The van der Waals surface area contributed by atoms with Gasteiger partial charge in [-0.15, -0.1) is 0 Å². The fourth-order valence-corrected chi connectivity index (χ4v) is 8.40. The number of aryl methyl sites for hydroxylation is 2. The molecular weight excluding hydrogens is 653 g/mol. The second kappa shape index (κ2) is 11.2. The highest BCUT2D eigenvalue weighted by molar-refractivity contribution is 6.40. The van der Waals surface area contributed by atoms with Gasteiger partial charge in [0, 0.05) is 75.2 Å². The van der Waals surface area contributed by atoms with Crippen molar-refractivity contribution in [1.29, 1.82) is 0 Å². The van der Waals surface area contributed by atoms with Crippen molar-refractivity contribution in [3.63, 3.8) is 0 Å². The average molecular weight is 685 g/mol. The molecule has 0 aliphatic rings. The van der Waals surface area contributed by atoms with Crippen molar-refractivity contribution >= 4 is 65.4 Å². The summed E-state index contributed by atoms with van der Waals surface area (Å²) in [6.07, 6.45) is 9.11. The summed E-state index contributed by atoms with van der Waals surface area (Å²) in [6.45, 7) is 0. The molecule has 0 fully saturated rings. The van der Waals surface area contributed by atoms with E-state index in [-0.39, 0.29) is 0 Å². The molecular formula is C46H32N6O. The zero-order chi connectivity index (χ0) is 35.2. The molecule has 0 aliphatic heterocycles. The van der Waals surface area contributed by atoms with Gasteiger partial charge in [-0.05, 0) is 60.7 Å². The Hall–Kier alpha value is -7.12. The van der Waals surface area contributed by atoms with E-state index in [0.29, 0.717) is 0 Å². The van der Waals surface area contributed by atoms with E-state index in [1.54, 1.807) is 0 Å². The van der Waals surface area contributed by atoms with Crippen molar-refractivity contribution in [2.45, 2.75) is 0 Å². The first-order chi connectivity index (χ1) is 26.1. The smallest absolute Gasteiger partial charge is 0.243 e. The lowest BCUT2D eigenvalue weighted by Crippen LogP contribution is -2.27. The largest absolute Gasteiger partial charge is 0.458 e. The summed E-state index contributed by atoms with van der Waals surface area (Å²) >= 11 is 0. The average Bonchev–Trinajstić information content (AvgIpc) is 3.95. The molecule has 0 saturated carbocycles. The molecule has 7 nitrogen and oxygen atoms in total. The standard InChI is InChI=1S/C46H32N6O/c1-48-25-26-50(29-48)31-15-12-16-32(27-31)53-33-22-23-36-39(28-33)52(40-21-10-11-24-47-40)45-42(36)41-34-17-6-8-19-37(34)49(2)44(41)43-35-18-7-9-20-38(35)51(46(43)45)30-13-4-3-5-14-30/h3-28H,1-2H3. The highest BCUT2D eigenvalue weighted by Gasteiger charge is 2.28. The molecule has 252 valence electrons. The van der Waals surface area contributed by atoms with E-state index in [4.69, 9.17) is 9.72 Å². The first kappa shape index (κ1) is 29.6. The molecule has 6 aromatic carbocycles. The van der Waals surface area contributed by atoms with Crippen LogP contribution in [0, 0.1) is 6.33 Å². The number of aromatic nitrogens is 6. The van der Waals surface area contributed by atoms with Gasteiger partial charge in [-0.1, -0.05) is 72.8 Å². The van der Waals surface area contributed by atoms with Gasteiger partial charge in [-0.25, -0.2) is 4.98 Å². The van der Waals surface area contributed by atoms with E-state index < -0.39 is 0 Å². The third-order valence-corrected chi connectivity index (χ3v) is 10.6. The van der Waals surface area contributed by atoms with Crippen LogP contribution in [0.3, 0.4) is 0 Å². The number of nitrogens with zero attached hydrogens (tertiary/aromatic N) is 6. The highest BCUT2D eigenvalue weighted by atomic mass is 16.5. The molecule has 0 aliphatic carbocycles. The van der Waals surface area contributed by atoms with E-state index in [2.05, 4.69) is 142 Å². The van der Waals surface area contributed by atoms with Crippen LogP contribution in [0.2, 0.25) is 0 Å². The Balaban J connectivity index is 1.31. The van der Waals surface area contributed by atoms with Crippen LogP contribution in [0.5, 0.6) is 11.5 Å². The molecule has 0 radical (unpaired) electrons. The monoisotopic (exact) mass is 684 g/mol. The molecule has 11 rings (SSSR count). The number of fused-ring (bicyclic) bond motifs is 12. The van der Waals surface area contributed by atoms with E-state index in [1.165, 1.54) is 38.0 Å². The summed E-state index contributed by atoms with van der Waals surface area (Å²) in [5, 5.41) is 7.21. The fourth-order valence-electron chi connectivity index (χ4n) is 8.40. The van der Waals surface area contributed by atoms with Gasteiger partial charge in [0.05, 0.1) is 40.3 Å². The van der Waals surface area contributed by atoms with Gasteiger partial charge in [0.1, 0.15) is 17.3 Å². The number of rotatable bonds is 5. The lowest BCUT2D eigenvalue weighted by atomic mass is 10.0. The Morgan fingerprint density at radius 2 is 1.26 bits per heavy atom. The Bertz CT molecular complexity index is 3220. The summed E-state index contributed by atoms with van der Waals surface area (Å²) in [4.78, 5) is 4.99. The van der Waals surface area contributed by atoms with Crippen molar-refractivity contribution in [3.8, 4) is 28.7 Å². The number of hydrogen-bond donors (Lipinski definition) is 0. The summed E-state index contributed by atoms with van der Waals surface area (Å²) in [6, 6.07) is 49.0. The van der Waals surface area contributed by atoms with Crippen LogP contribution >= 0.6 is 0 Å². The number of ether oxygens (including phenoxy) is 1. The second-order valence-corrected chi connectivity index (χ2v) is 13.6. The molecule has 0 amide bonds. The van der Waals surface area contributed by atoms with Crippen LogP contribution < -0.4 is 9.30 Å². The lowest BCUT2D eigenvalue weighted by Gasteiger charge is -2.13. The van der Waals surface area contributed by atoms with E-state index in [9.17, 15) is 0 Å². The van der Waals surface area contributed by atoms with Crippen LogP contribution in [0.25, 0.3) is 82.6 Å². The van der Waals surface area contributed by atoms with Gasteiger partial charge in [0.2, 0.25) is 6.33 Å². The number of para-hydroxylation sites is 3. The summed E-state index contributed by atoms with van der Waals surface area (Å²) in [5.74, 6) is 2.33. The predicted molar refractivity (Wildman–Crippen MR) is 213 cm³/mol. The number of imidazole rings is 1. The maximum Gasteiger partial charge on any atom is 0.243 e. The van der Waals surface area contributed by atoms with Crippen LogP contribution in [-0.2, 0) is 14.1 Å². The fraction of sp³-hybridized carbons (Fsp3) is 0.0435. The SMILES string of the molecule is Cn1[c-][n+](-c2cccc(Oc3ccc4c5c6c7ccccc7n(C)c6c6c7ccccc7n(-c7ccccc7)c6c5n(-c5ccccn5)c4c3)c2)cc1. The molecule has 0 N–H and O–H groups in total. The normalized spacial score (nSPS) is 12.0. The molecule has 0 saturated heterocycles. The first-order valence-electron chi connectivity index (χ1n) is 17.8. The third kappa shape index (κ3) is 4.28. The molecule has 5 heterocycles. The summed E-state index contributed by atoms with van der Waals surface area (Å²) in [7, 11) is 4.17. The Morgan fingerprint density at radius 3 is 2.06 bits per heavy atom. The van der Waals surface area contributed by atoms with Crippen LogP contribution in [-0.4, -0.2) is 23.3 Å². The topological polar surface area (TPSA) is 45.7 Å². The third-order valence-electron chi connectivity index (χ3n) is 10.6. The van der Waals surface area contributed by atoms with Crippen molar-refractivity contribution in [2.24, 2.45) is 14.1 Å². The van der Waals surface area contributed by atoms with Gasteiger partial charge in [0.15, 0.2) is 0 Å². The Labute approximate surface area is 304 Å². The van der Waals surface area contributed by atoms with E-state index in [1.807, 2.05) is 59.0 Å².